The zero-order valence-electron chi connectivity index (χ0n) is 9.94. The Bertz CT molecular complexity index is 601. The largest absolute Gasteiger partial charge is 0.480 e. The van der Waals surface area contributed by atoms with Gasteiger partial charge >= 0.3 is 5.97 Å². The predicted octanol–water partition coefficient (Wildman–Crippen LogP) is -0.329. The summed E-state index contributed by atoms with van der Waals surface area (Å²) in [6, 6.07) is 5.16. The normalized spacial score (nSPS) is 14.4. The highest BCUT2D eigenvalue weighted by molar-refractivity contribution is 7.89. The van der Waals surface area contributed by atoms with E-state index in [0.29, 0.717) is 0 Å². The van der Waals surface area contributed by atoms with Gasteiger partial charge in [-0.2, -0.15) is 9.98 Å². The summed E-state index contributed by atoms with van der Waals surface area (Å²) >= 11 is 0. The van der Waals surface area contributed by atoms with Crippen molar-refractivity contribution >= 4 is 16.0 Å². The predicted molar refractivity (Wildman–Crippen MR) is 64.6 cm³/mol. The van der Waals surface area contributed by atoms with E-state index in [0.717, 1.165) is 0 Å². The van der Waals surface area contributed by atoms with Crippen molar-refractivity contribution in [1.82, 2.24) is 4.72 Å². The number of hydrogen-bond donors (Lipinski definition) is 3. The number of hydrogen-bond acceptors (Lipinski definition) is 5. The lowest BCUT2D eigenvalue weighted by Gasteiger charge is -2.17. The molecule has 0 amide bonds. The number of carboxylic acid groups (broad SMARTS) is 1. The van der Waals surface area contributed by atoms with Gasteiger partial charge in [-0.05, 0) is 31.2 Å². The van der Waals surface area contributed by atoms with Crippen molar-refractivity contribution < 1.29 is 23.4 Å². The maximum absolute atomic E-state index is 11.9. The highest BCUT2D eigenvalue weighted by atomic mass is 32.2. The molecular formula is C11H12N2O5S. The lowest BCUT2D eigenvalue weighted by molar-refractivity contribution is -0.141. The molecule has 7 nitrogen and oxygen atoms in total. The maximum Gasteiger partial charge on any atom is 0.324 e. The smallest absolute Gasteiger partial charge is 0.324 e. The number of aliphatic hydroxyl groups excluding tert-OH is 1. The van der Waals surface area contributed by atoms with Crippen molar-refractivity contribution in [1.29, 1.82) is 5.26 Å². The molecule has 0 aliphatic rings. The summed E-state index contributed by atoms with van der Waals surface area (Å²) in [6.07, 6.45) is -1.38. The summed E-state index contributed by atoms with van der Waals surface area (Å²) < 4.78 is 25.7. The van der Waals surface area contributed by atoms with Gasteiger partial charge in [0.1, 0.15) is 6.04 Å². The number of aliphatic hydroxyl groups is 1. The molecule has 0 aliphatic carbocycles. The highest BCUT2D eigenvalue weighted by Gasteiger charge is 2.29. The van der Waals surface area contributed by atoms with Crippen LogP contribution in [-0.2, 0) is 14.8 Å². The molecule has 0 radical (unpaired) electrons. The van der Waals surface area contributed by atoms with Crippen molar-refractivity contribution in [2.24, 2.45) is 0 Å². The van der Waals surface area contributed by atoms with Gasteiger partial charge < -0.3 is 10.2 Å². The number of aliphatic carboxylic acids is 1. The van der Waals surface area contributed by atoms with E-state index in [1.807, 2.05) is 10.8 Å². The SMILES string of the molecule is CC(O)C(NS(=O)(=O)c1ccc(C#N)cc1)C(=O)O. The van der Waals surface area contributed by atoms with Crippen molar-refractivity contribution in [3.63, 3.8) is 0 Å². The molecule has 0 aromatic heterocycles. The van der Waals surface area contributed by atoms with Gasteiger partial charge in [0.05, 0.1) is 22.6 Å². The first-order valence-corrected chi connectivity index (χ1v) is 6.69. The molecule has 0 heterocycles. The Kier molecular flexibility index (Phi) is 4.61. The first kappa shape index (κ1) is 15.1. The first-order chi connectivity index (χ1) is 8.77. The highest BCUT2D eigenvalue weighted by Crippen LogP contribution is 2.11. The van der Waals surface area contributed by atoms with E-state index in [2.05, 4.69) is 0 Å². The Hall–Kier alpha value is -1.95. The van der Waals surface area contributed by atoms with Gasteiger partial charge in [-0.3, -0.25) is 4.79 Å². The van der Waals surface area contributed by atoms with Crippen LogP contribution < -0.4 is 4.72 Å². The number of sulfonamides is 1. The van der Waals surface area contributed by atoms with Crippen molar-refractivity contribution in [3.8, 4) is 6.07 Å². The second-order valence-electron chi connectivity index (χ2n) is 3.81. The molecule has 0 bridgehead atoms. The number of benzene rings is 1. The Morgan fingerprint density at radius 2 is 1.89 bits per heavy atom. The van der Waals surface area contributed by atoms with Gasteiger partial charge in [-0.25, -0.2) is 8.42 Å². The number of nitrogens with zero attached hydrogens (tertiary/aromatic N) is 1. The first-order valence-electron chi connectivity index (χ1n) is 5.21. The lowest BCUT2D eigenvalue weighted by atomic mass is 10.2. The Balaban J connectivity index is 3.03. The van der Waals surface area contributed by atoms with Crippen LogP contribution in [0.25, 0.3) is 0 Å². The van der Waals surface area contributed by atoms with Crippen LogP contribution in [0.3, 0.4) is 0 Å². The average molecular weight is 284 g/mol. The molecular weight excluding hydrogens is 272 g/mol. The van der Waals surface area contributed by atoms with Crippen LogP contribution >= 0.6 is 0 Å². The summed E-state index contributed by atoms with van der Waals surface area (Å²) in [5.41, 5.74) is 0.282. The van der Waals surface area contributed by atoms with Crippen LogP contribution in [0.2, 0.25) is 0 Å². The molecule has 0 spiro atoms. The second-order valence-corrected chi connectivity index (χ2v) is 5.53. The fraction of sp³-hybridized carbons (Fsp3) is 0.273. The second kappa shape index (κ2) is 5.79. The van der Waals surface area contributed by atoms with Gasteiger partial charge in [0, 0.05) is 0 Å². The minimum Gasteiger partial charge on any atom is -0.480 e. The molecule has 1 rings (SSSR count). The third kappa shape index (κ3) is 3.75. The van der Waals surface area contributed by atoms with Gasteiger partial charge in [0.25, 0.3) is 0 Å². The average Bonchev–Trinajstić information content (AvgIpc) is 2.35. The molecule has 102 valence electrons. The fourth-order valence-corrected chi connectivity index (χ4v) is 2.56. The molecule has 19 heavy (non-hydrogen) atoms. The summed E-state index contributed by atoms with van der Waals surface area (Å²) in [5.74, 6) is -1.48. The van der Waals surface area contributed by atoms with E-state index in [1.54, 1.807) is 0 Å². The van der Waals surface area contributed by atoms with Gasteiger partial charge in [-0.15, -0.1) is 0 Å². The molecule has 0 fully saturated rings. The van der Waals surface area contributed by atoms with E-state index >= 15 is 0 Å². The standard InChI is InChI=1S/C11H12N2O5S/c1-7(14)10(11(15)16)13-19(17,18)9-4-2-8(6-12)3-5-9/h2-5,7,10,13-14H,1H3,(H,15,16). The van der Waals surface area contributed by atoms with Crippen LogP contribution in [0.4, 0.5) is 0 Å². The zero-order valence-corrected chi connectivity index (χ0v) is 10.8. The fourth-order valence-electron chi connectivity index (χ4n) is 1.30. The summed E-state index contributed by atoms with van der Waals surface area (Å²) in [4.78, 5) is 10.6. The number of nitrogens with one attached hydrogen (secondary N) is 1. The summed E-state index contributed by atoms with van der Waals surface area (Å²) in [7, 11) is -4.07. The van der Waals surface area contributed by atoms with Crippen LogP contribution in [0, 0.1) is 11.3 Å². The molecule has 3 N–H and O–H groups in total. The number of carbonyl (C=O) groups is 1. The molecule has 2 unspecified atom stereocenters. The van der Waals surface area contributed by atoms with Crippen LogP contribution in [0.15, 0.2) is 29.2 Å². The van der Waals surface area contributed by atoms with Gasteiger partial charge in [-0.1, -0.05) is 0 Å². The van der Waals surface area contributed by atoms with Crippen molar-refractivity contribution in [2.75, 3.05) is 0 Å². The van der Waals surface area contributed by atoms with Gasteiger partial charge in [0.2, 0.25) is 10.0 Å². The van der Waals surface area contributed by atoms with Crippen molar-refractivity contribution in [2.45, 2.75) is 24.0 Å². The minimum absolute atomic E-state index is 0.182. The van der Waals surface area contributed by atoms with Crippen molar-refractivity contribution in [3.05, 3.63) is 29.8 Å². The van der Waals surface area contributed by atoms with E-state index in [4.69, 9.17) is 10.4 Å². The monoisotopic (exact) mass is 284 g/mol. The molecule has 1 aromatic carbocycles. The summed E-state index contributed by atoms with van der Waals surface area (Å²) in [6.45, 7) is 1.17. The van der Waals surface area contributed by atoms with Gasteiger partial charge in [0.15, 0.2) is 0 Å². The Morgan fingerprint density at radius 3 is 2.26 bits per heavy atom. The molecule has 0 saturated heterocycles. The third-order valence-corrected chi connectivity index (χ3v) is 3.78. The lowest BCUT2D eigenvalue weighted by Crippen LogP contribution is -2.47. The number of rotatable bonds is 5. The molecule has 8 heteroatoms. The zero-order chi connectivity index (χ0) is 14.6. The summed E-state index contributed by atoms with van der Waals surface area (Å²) in [5, 5.41) is 26.6. The van der Waals surface area contributed by atoms with Crippen LogP contribution in [0.5, 0.6) is 0 Å². The van der Waals surface area contributed by atoms with E-state index in [-0.39, 0.29) is 10.5 Å². The number of carboxylic acids is 1. The van der Waals surface area contributed by atoms with Crippen LogP contribution in [0.1, 0.15) is 12.5 Å². The topological polar surface area (TPSA) is 127 Å². The Morgan fingerprint density at radius 1 is 1.37 bits per heavy atom. The quantitative estimate of drug-likeness (QED) is 0.679. The maximum atomic E-state index is 11.9. The van der Waals surface area contributed by atoms with E-state index in [1.165, 1.54) is 31.2 Å². The van der Waals surface area contributed by atoms with Crippen LogP contribution in [-0.4, -0.2) is 36.7 Å². The minimum atomic E-state index is -4.07. The Labute approximate surface area is 110 Å². The molecule has 2 atom stereocenters. The van der Waals surface area contributed by atoms with E-state index in [9.17, 15) is 18.3 Å². The third-order valence-electron chi connectivity index (χ3n) is 2.32. The molecule has 0 aliphatic heterocycles. The van der Waals surface area contributed by atoms with E-state index < -0.39 is 28.1 Å². The number of nitriles is 1. The molecule has 1 aromatic rings. The molecule has 0 saturated carbocycles.